The normalized spacial score (nSPS) is 11.0. The molecule has 0 fully saturated rings. The van der Waals surface area contributed by atoms with Gasteiger partial charge in [0.05, 0.1) is 19.1 Å². The van der Waals surface area contributed by atoms with E-state index in [1.165, 1.54) is 11.8 Å². The lowest BCUT2D eigenvalue weighted by Crippen LogP contribution is -2.18. The predicted molar refractivity (Wildman–Crippen MR) is 105 cm³/mol. The van der Waals surface area contributed by atoms with Gasteiger partial charge in [-0.3, -0.25) is 9.36 Å². The molecule has 27 heavy (non-hydrogen) atoms. The largest absolute Gasteiger partial charge is 0.497 e. The molecule has 3 rings (SSSR count). The van der Waals surface area contributed by atoms with Crippen molar-refractivity contribution in [2.75, 3.05) is 18.2 Å². The van der Waals surface area contributed by atoms with Gasteiger partial charge in [0.2, 0.25) is 5.91 Å². The molecule has 0 aliphatic rings. The van der Waals surface area contributed by atoms with Gasteiger partial charge in [-0.05, 0) is 45.0 Å². The second-order valence-corrected chi connectivity index (χ2v) is 7.10. The van der Waals surface area contributed by atoms with Crippen LogP contribution in [-0.2, 0) is 4.79 Å². The van der Waals surface area contributed by atoms with E-state index in [0.717, 1.165) is 17.3 Å². The number of ether oxygens (including phenoxy) is 1. The van der Waals surface area contributed by atoms with E-state index < -0.39 is 0 Å². The van der Waals surface area contributed by atoms with Gasteiger partial charge in [0.15, 0.2) is 5.16 Å². The molecule has 0 saturated heterocycles. The Balaban J connectivity index is 1.69. The van der Waals surface area contributed by atoms with Crippen molar-refractivity contribution in [2.45, 2.75) is 32.0 Å². The van der Waals surface area contributed by atoms with Crippen LogP contribution in [0.2, 0.25) is 0 Å². The molecule has 8 nitrogen and oxygen atoms in total. The number of methoxy groups -OCH3 is 1. The van der Waals surface area contributed by atoms with Crippen LogP contribution < -0.4 is 10.1 Å². The summed E-state index contributed by atoms with van der Waals surface area (Å²) in [5.74, 6) is 2.31. The minimum Gasteiger partial charge on any atom is -0.497 e. The maximum absolute atomic E-state index is 12.3. The van der Waals surface area contributed by atoms with E-state index in [-0.39, 0.29) is 17.7 Å². The van der Waals surface area contributed by atoms with Crippen LogP contribution in [0.5, 0.6) is 5.75 Å². The number of carbonyl (C=O) groups excluding carboxylic acids is 1. The second-order valence-electron chi connectivity index (χ2n) is 6.15. The summed E-state index contributed by atoms with van der Waals surface area (Å²) in [6, 6.07) is 9.57. The highest BCUT2D eigenvalue weighted by atomic mass is 32.2. The molecule has 0 aliphatic heterocycles. The van der Waals surface area contributed by atoms with Gasteiger partial charge in [-0.2, -0.15) is 5.10 Å². The van der Waals surface area contributed by atoms with Gasteiger partial charge in [0.25, 0.3) is 0 Å². The molecule has 0 bridgehead atoms. The van der Waals surface area contributed by atoms with E-state index in [1.54, 1.807) is 24.1 Å². The quantitative estimate of drug-likeness (QED) is 0.628. The van der Waals surface area contributed by atoms with E-state index in [9.17, 15) is 4.79 Å². The zero-order chi connectivity index (χ0) is 19.4. The van der Waals surface area contributed by atoms with Crippen molar-refractivity contribution in [1.29, 1.82) is 0 Å². The highest BCUT2D eigenvalue weighted by Gasteiger charge is 2.15. The Morgan fingerprint density at radius 2 is 1.96 bits per heavy atom. The molecular weight excluding hydrogens is 364 g/mol. The Morgan fingerprint density at radius 1 is 1.22 bits per heavy atom. The van der Waals surface area contributed by atoms with Gasteiger partial charge >= 0.3 is 0 Å². The number of nitrogens with one attached hydrogen (secondary N) is 1. The van der Waals surface area contributed by atoms with Gasteiger partial charge in [0, 0.05) is 17.8 Å². The van der Waals surface area contributed by atoms with Crippen molar-refractivity contribution in [3.63, 3.8) is 0 Å². The number of hydrogen-bond donors (Lipinski definition) is 1. The van der Waals surface area contributed by atoms with Gasteiger partial charge in [0.1, 0.15) is 17.4 Å². The van der Waals surface area contributed by atoms with Gasteiger partial charge in [-0.25, -0.2) is 4.68 Å². The molecule has 9 heteroatoms. The molecule has 0 spiro atoms. The first-order valence-corrected chi connectivity index (χ1v) is 9.50. The second kappa shape index (κ2) is 8.26. The number of hydrogen-bond acceptors (Lipinski definition) is 6. The van der Waals surface area contributed by atoms with Crippen molar-refractivity contribution < 1.29 is 9.53 Å². The van der Waals surface area contributed by atoms with E-state index in [1.807, 2.05) is 49.6 Å². The van der Waals surface area contributed by atoms with Gasteiger partial charge in [-0.1, -0.05) is 11.8 Å². The molecule has 1 aromatic carbocycles. The smallest absolute Gasteiger partial charge is 0.235 e. The van der Waals surface area contributed by atoms with Gasteiger partial charge < -0.3 is 10.1 Å². The lowest BCUT2D eigenvalue weighted by atomic mass is 10.3. The predicted octanol–water partition coefficient (Wildman–Crippen LogP) is 3.09. The summed E-state index contributed by atoms with van der Waals surface area (Å²) in [6.07, 6.45) is 1.67. The third kappa shape index (κ3) is 4.30. The SMILES string of the molecule is COc1ccc(-n2c(C)nnc2SCC(=O)Nc2ccnn2C(C)C)cc1. The lowest BCUT2D eigenvalue weighted by Gasteiger charge is -2.12. The molecule has 142 valence electrons. The lowest BCUT2D eigenvalue weighted by molar-refractivity contribution is -0.113. The van der Waals surface area contributed by atoms with E-state index in [0.29, 0.717) is 11.0 Å². The maximum Gasteiger partial charge on any atom is 0.235 e. The number of nitrogens with zero attached hydrogens (tertiary/aromatic N) is 5. The fourth-order valence-electron chi connectivity index (χ4n) is 2.60. The number of thioether (sulfide) groups is 1. The summed E-state index contributed by atoms with van der Waals surface area (Å²) in [5.41, 5.74) is 0.916. The van der Waals surface area contributed by atoms with E-state index >= 15 is 0 Å². The number of rotatable bonds is 7. The van der Waals surface area contributed by atoms with Crippen molar-refractivity contribution in [3.05, 3.63) is 42.4 Å². The van der Waals surface area contributed by atoms with Crippen LogP contribution >= 0.6 is 11.8 Å². The number of aryl methyl sites for hydroxylation is 1. The number of anilines is 1. The Kier molecular flexibility index (Phi) is 5.80. The van der Waals surface area contributed by atoms with Crippen molar-refractivity contribution in [1.82, 2.24) is 24.5 Å². The third-order valence-corrected chi connectivity index (χ3v) is 4.81. The van der Waals surface area contributed by atoms with Crippen molar-refractivity contribution in [2.24, 2.45) is 0 Å². The number of carbonyl (C=O) groups is 1. The van der Waals surface area contributed by atoms with Crippen LogP contribution in [-0.4, -0.2) is 43.3 Å². The highest BCUT2D eigenvalue weighted by Crippen LogP contribution is 2.24. The summed E-state index contributed by atoms with van der Waals surface area (Å²) in [7, 11) is 1.63. The van der Waals surface area contributed by atoms with Crippen LogP contribution in [0.15, 0.2) is 41.7 Å². The average Bonchev–Trinajstić information content (AvgIpc) is 3.26. The molecule has 0 atom stereocenters. The van der Waals surface area contributed by atoms with Crippen molar-refractivity contribution >= 4 is 23.5 Å². The Bertz CT molecular complexity index is 916. The number of benzene rings is 1. The fourth-order valence-corrected chi connectivity index (χ4v) is 3.40. The van der Waals surface area contributed by atoms with Crippen LogP contribution in [0.3, 0.4) is 0 Å². The summed E-state index contributed by atoms with van der Waals surface area (Å²) in [6.45, 7) is 5.90. The monoisotopic (exact) mass is 386 g/mol. The minimum absolute atomic E-state index is 0.121. The van der Waals surface area contributed by atoms with E-state index in [4.69, 9.17) is 4.74 Å². The number of amides is 1. The van der Waals surface area contributed by atoms with E-state index in [2.05, 4.69) is 20.6 Å². The van der Waals surface area contributed by atoms with Crippen LogP contribution in [0.1, 0.15) is 25.7 Å². The molecule has 0 aliphatic carbocycles. The average molecular weight is 386 g/mol. The van der Waals surface area contributed by atoms with Crippen LogP contribution in [0.4, 0.5) is 5.82 Å². The van der Waals surface area contributed by atoms with Gasteiger partial charge in [-0.15, -0.1) is 10.2 Å². The van der Waals surface area contributed by atoms with Crippen LogP contribution in [0, 0.1) is 6.92 Å². The molecule has 0 saturated carbocycles. The molecular formula is C18H22N6O2S. The molecule has 0 radical (unpaired) electrons. The zero-order valence-corrected chi connectivity index (χ0v) is 16.5. The molecule has 2 aromatic heterocycles. The molecule has 1 N–H and O–H groups in total. The molecule has 3 aromatic rings. The standard InChI is InChI=1S/C18H22N6O2S/c1-12(2)24-16(9-10-19-24)20-17(25)11-27-18-22-21-13(3)23(18)14-5-7-15(26-4)8-6-14/h5-10,12H,11H2,1-4H3,(H,20,25). The summed E-state index contributed by atoms with van der Waals surface area (Å²) < 4.78 is 8.88. The zero-order valence-electron chi connectivity index (χ0n) is 15.7. The molecule has 2 heterocycles. The first-order chi connectivity index (χ1) is 13.0. The topological polar surface area (TPSA) is 86.9 Å². The molecule has 0 unspecified atom stereocenters. The Labute approximate surface area is 161 Å². The Hall–Kier alpha value is -2.81. The minimum atomic E-state index is -0.121. The fraction of sp³-hybridized carbons (Fsp3) is 0.333. The highest BCUT2D eigenvalue weighted by molar-refractivity contribution is 7.99. The first kappa shape index (κ1) is 19.0. The first-order valence-electron chi connectivity index (χ1n) is 8.52. The number of aromatic nitrogens is 5. The molecule has 1 amide bonds. The summed E-state index contributed by atoms with van der Waals surface area (Å²) >= 11 is 1.33. The Morgan fingerprint density at radius 3 is 2.63 bits per heavy atom. The summed E-state index contributed by atoms with van der Waals surface area (Å²) in [5, 5.41) is 16.1. The van der Waals surface area contributed by atoms with Crippen molar-refractivity contribution in [3.8, 4) is 11.4 Å². The van der Waals surface area contributed by atoms with Crippen LogP contribution in [0.25, 0.3) is 5.69 Å². The maximum atomic E-state index is 12.3. The third-order valence-electron chi connectivity index (χ3n) is 3.89. The summed E-state index contributed by atoms with van der Waals surface area (Å²) in [4.78, 5) is 12.3.